The lowest BCUT2D eigenvalue weighted by Crippen LogP contribution is -2.42. The van der Waals surface area contributed by atoms with Crippen LogP contribution in [0.4, 0.5) is 0 Å². The summed E-state index contributed by atoms with van der Waals surface area (Å²) >= 11 is 0. The van der Waals surface area contributed by atoms with Gasteiger partial charge in [0.2, 0.25) is 8.32 Å². The molecule has 0 spiro atoms. The van der Waals surface area contributed by atoms with Gasteiger partial charge in [0.15, 0.2) is 5.78 Å². The van der Waals surface area contributed by atoms with Crippen LogP contribution < -0.4 is 0 Å². The van der Waals surface area contributed by atoms with E-state index in [2.05, 4.69) is 33.9 Å². The predicted molar refractivity (Wildman–Crippen MR) is 101 cm³/mol. The second-order valence-electron chi connectivity index (χ2n) is 9.05. The Morgan fingerprint density at radius 2 is 2.00 bits per heavy atom. The molecule has 140 valence electrons. The standard InChI is InChI=1S/C20H32O4Si/c1-9-23-18(22)13(2)10-14-12-20(6)16(11-15(14)17(20)21)24-25(7,8)19(3,4)5/h10-11,14-15H,9,12H2,1-8H3/b13-10+/t14?,15-,20-/m0/s1. The van der Waals surface area contributed by atoms with Crippen molar-refractivity contribution in [2.24, 2.45) is 17.3 Å². The van der Waals surface area contributed by atoms with Crippen LogP contribution in [0.1, 0.15) is 48.0 Å². The van der Waals surface area contributed by atoms with E-state index in [0.29, 0.717) is 18.6 Å². The van der Waals surface area contributed by atoms with Gasteiger partial charge in [-0.2, -0.15) is 0 Å². The maximum atomic E-state index is 12.9. The van der Waals surface area contributed by atoms with E-state index in [-0.39, 0.29) is 28.6 Å². The van der Waals surface area contributed by atoms with Crippen molar-refractivity contribution in [2.45, 2.75) is 66.1 Å². The minimum atomic E-state index is -1.98. The summed E-state index contributed by atoms with van der Waals surface area (Å²) in [5, 5.41) is 0.0921. The molecule has 2 aliphatic carbocycles. The normalized spacial score (nSPS) is 29.7. The second-order valence-corrected chi connectivity index (χ2v) is 13.8. The summed E-state index contributed by atoms with van der Waals surface area (Å²) in [5.41, 5.74) is 0.0205. The van der Waals surface area contributed by atoms with Gasteiger partial charge in [-0.05, 0) is 57.3 Å². The highest BCUT2D eigenvalue weighted by atomic mass is 28.4. The average molecular weight is 365 g/mol. The Morgan fingerprint density at radius 3 is 2.44 bits per heavy atom. The Balaban J connectivity index is 2.23. The minimum Gasteiger partial charge on any atom is -0.546 e. The molecule has 0 amide bonds. The van der Waals surface area contributed by atoms with Crippen molar-refractivity contribution in [3.63, 3.8) is 0 Å². The van der Waals surface area contributed by atoms with Gasteiger partial charge in [0, 0.05) is 11.5 Å². The molecule has 0 aromatic rings. The Bertz CT molecular complexity index is 639. The molecule has 4 nitrogen and oxygen atoms in total. The SMILES string of the molecule is CCOC(=O)/C(C)=C/C1C[C@]2(C)C(=O)[C@H]1C=C2O[Si](C)(C)C(C)(C)C. The molecule has 0 heterocycles. The van der Waals surface area contributed by atoms with Crippen LogP contribution >= 0.6 is 0 Å². The van der Waals surface area contributed by atoms with Crippen LogP contribution in [0.5, 0.6) is 0 Å². The fourth-order valence-electron chi connectivity index (χ4n) is 3.40. The number of Topliss-reactive ketones (excluding diaryl/α,β-unsaturated/α-hetero) is 1. The smallest absolute Gasteiger partial charge is 0.333 e. The largest absolute Gasteiger partial charge is 0.546 e. The summed E-state index contributed by atoms with van der Waals surface area (Å²) in [7, 11) is -1.98. The molecule has 3 atom stereocenters. The van der Waals surface area contributed by atoms with E-state index in [0.717, 1.165) is 5.76 Å². The third-order valence-electron chi connectivity index (χ3n) is 6.06. The van der Waals surface area contributed by atoms with Crippen molar-refractivity contribution in [3.05, 3.63) is 23.5 Å². The molecule has 0 radical (unpaired) electrons. The molecule has 0 aromatic heterocycles. The molecule has 25 heavy (non-hydrogen) atoms. The molecule has 0 saturated heterocycles. The highest BCUT2D eigenvalue weighted by Gasteiger charge is 2.58. The number of ether oxygens (including phenoxy) is 1. The fourth-order valence-corrected chi connectivity index (χ4v) is 4.55. The fraction of sp³-hybridized carbons (Fsp3) is 0.700. The summed E-state index contributed by atoms with van der Waals surface area (Å²) in [4.78, 5) is 24.7. The average Bonchev–Trinajstić information content (AvgIpc) is 2.83. The van der Waals surface area contributed by atoms with Gasteiger partial charge in [0.25, 0.3) is 0 Å². The van der Waals surface area contributed by atoms with Crippen LogP contribution in [-0.4, -0.2) is 26.7 Å². The first-order valence-electron chi connectivity index (χ1n) is 9.14. The number of carbonyl (C=O) groups excluding carboxylic acids is 2. The first kappa shape index (κ1) is 20.0. The first-order chi connectivity index (χ1) is 11.3. The molecule has 2 bridgehead atoms. The van der Waals surface area contributed by atoms with Crippen molar-refractivity contribution in [2.75, 3.05) is 6.61 Å². The highest BCUT2D eigenvalue weighted by molar-refractivity contribution is 6.74. The van der Waals surface area contributed by atoms with E-state index in [9.17, 15) is 9.59 Å². The van der Waals surface area contributed by atoms with Crippen LogP contribution in [0.15, 0.2) is 23.5 Å². The number of hydrogen-bond donors (Lipinski definition) is 0. The molecular weight excluding hydrogens is 332 g/mol. The maximum absolute atomic E-state index is 12.9. The quantitative estimate of drug-likeness (QED) is 0.405. The van der Waals surface area contributed by atoms with Gasteiger partial charge in [-0.15, -0.1) is 0 Å². The monoisotopic (exact) mass is 364 g/mol. The molecule has 0 N–H and O–H groups in total. The molecule has 0 aliphatic heterocycles. The topological polar surface area (TPSA) is 52.6 Å². The van der Waals surface area contributed by atoms with Crippen LogP contribution in [-0.2, 0) is 18.8 Å². The van der Waals surface area contributed by atoms with Gasteiger partial charge in [0.1, 0.15) is 0 Å². The third-order valence-corrected chi connectivity index (χ3v) is 10.4. The van der Waals surface area contributed by atoms with Gasteiger partial charge in [-0.1, -0.05) is 26.8 Å². The first-order valence-corrected chi connectivity index (χ1v) is 12.1. The zero-order chi connectivity index (χ0) is 19.2. The van der Waals surface area contributed by atoms with E-state index in [4.69, 9.17) is 9.16 Å². The number of esters is 1. The Labute approximate surface area is 152 Å². The number of carbonyl (C=O) groups is 2. The zero-order valence-electron chi connectivity index (χ0n) is 16.9. The van der Waals surface area contributed by atoms with Crippen LogP contribution in [0.25, 0.3) is 0 Å². The van der Waals surface area contributed by atoms with E-state index in [1.165, 1.54) is 0 Å². The summed E-state index contributed by atoms with van der Waals surface area (Å²) in [6.07, 6.45) is 4.62. The molecule has 1 fully saturated rings. The Morgan fingerprint density at radius 1 is 1.40 bits per heavy atom. The Kier molecular flexibility index (Phi) is 5.12. The Hall–Kier alpha value is -1.36. The van der Waals surface area contributed by atoms with Crippen molar-refractivity contribution >= 4 is 20.1 Å². The van der Waals surface area contributed by atoms with Crippen LogP contribution in [0, 0.1) is 17.3 Å². The molecule has 1 saturated carbocycles. The molecule has 1 unspecified atom stereocenters. The van der Waals surface area contributed by atoms with E-state index in [1.54, 1.807) is 13.8 Å². The molecular formula is C20H32O4Si. The number of hydrogen-bond acceptors (Lipinski definition) is 4. The van der Waals surface area contributed by atoms with Crippen molar-refractivity contribution in [1.82, 2.24) is 0 Å². The van der Waals surface area contributed by atoms with Gasteiger partial charge in [-0.25, -0.2) is 4.79 Å². The number of allylic oxidation sites excluding steroid dienone is 3. The van der Waals surface area contributed by atoms with Gasteiger partial charge in [0.05, 0.1) is 17.8 Å². The van der Waals surface area contributed by atoms with E-state index < -0.39 is 13.7 Å². The number of rotatable bonds is 5. The van der Waals surface area contributed by atoms with E-state index in [1.807, 2.05) is 19.1 Å². The third kappa shape index (κ3) is 3.48. The molecule has 2 rings (SSSR count). The van der Waals surface area contributed by atoms with Crippen molar-refractivity contribution in [3.8, 4) is 0 Å². The summed E-state index contributed by atoms with van der Waals surface area (Å²) in [5.74, 6) is 0.638. The predicted octanol–water partition coefficient (Wildman–Crippen LogP) is 4.63. The zero-order valence-corrected chi connectivity index (χ0v) is 17.9. The van der Waals surface area contributed by atoms with Gasteiger partial charge in [-0.3, -0.25) is 4.79 Å². The lowest BCUT2D eigenvalue weighted by Gasteiger charge is -2.40. The number of ketones is 1. The lowest BCUT2D eigenvalue weighted by molar-refractivity contribution is -0.138. The molecule has 2 aliphatic rings. The van der Waals surface area contributed by atoms with Crippen LogP contribution in [0.2, 0.25) is 18.1 Å². The van der Waals surface area contributed by atoms with Gasteiger partial charge >= 0.3 is 5.97 Å². The summed E-state index contributed by atoms with van der Waals surface area (Å²) < 4.78 is 11.5. The molecule has 0 aromatic carbocycles. The number of fused-ring (bicyclic) bond motifs is 2. The summed E-state index contributed by atoms with van der Waals surface area (Å²) in [6, 6.07) is 0. The second kappa shape index (κ2) is 6.42. The van der Waals surface area contributed by atoms with Crippen molar-refractivity contribution < 1.29 is 18.8 Å². The lowest BCUT2D eigenvalue weighted by atomic mass is 9.84. The minimum absolute atomic E-state index is 0.0497. The molecule has 5 heteroatoms. The van der Waals surface area contributed by atoms with Crippen LogP contribution in [0.3, 0.4) is 0 Å². The maximum Gasteiger partial charge on any atom is 0.333 e. The highest BCUT2D eigenvalue weighted by Crippen LogP contribution is 2.56. The van der Waals surface area contributed by atoms with Crippen molar-refractivity contribution in [1.29, 1.82) is 0 Å². The van der Waals surface area contributed by atoms with Gasteiger partial charge < -0.3 is 9.16 Å². The summed E-state index contributed by atoms with van der Waals surface area (Å²) in [6.45, 7) is 16.9. The van der Waals surface area contributed by atoms with E-state index >= 15 is 0 Å².